The summed E-state index contributed by atoms with van der Waals surface area (Å²) in [5.74, 6) is 0.510. The predicted octanol–water partition coefficient (Wildman–Crippen LogP) is 4.31. The Morgan fingerprint density at radius 2 is 1.95 bits per heavy atom. The van der Waals surface area contributed by atoms with Crippen molar-refractivity contribution in [2.75, 3.05) is 56.7 Å². The molecule has 0 radical (unpaired) electrons. The molecule has 2 saturated heterocycles. The number of anilines is 1. The SMILES string of the molecule is CN(C)C1CN(c2nc(N=S3(=O)CCNCC3)c3cc(Cl)c(C4CC(O)=Cc5ccccc54)c(F)c3n2)C1. The first-order valence-electron chi connectivity index (χ1n) is 12.7. The molecule has 11 heteroatoms. The molecule has 0 bridgehead atoms. The molecule has 1 aliphatic carbocycles. The zero-order chi connectivity index (χ0) is 26.6. The number of halogens is 2. The first-order chi connectivity index (χ1) is 18.2. The summed E-state index contributed by atoms with van der Waals surface area (Å²) in [6.07, 6.45) is 1.93. The van der Waals surface area contributed by atoms with E-state index in [0.29, 0.717) is 55.1 Å². The second kappa shape index (κ2) is 9.75. The van der Waals surface area contributed by atoms with Crippen molar-refractivity contribution in [2.24, 2.45) is 4.36 Å². The van der Waals surface area contributed by atoms with Crippen LogP contribution in [0.1, 0.15) is 29.0 Å². The first kappa shape index (κ1) is 25.5. The van der Waals surface area contributed by atoms with Crippen molar-refractivity contribution in [1.29, 1.82) is 0 Å². The second-order valence-corrected chi connectivity index (χ2v) is 13.3. The van der Waals surface area contributed by atoms with Crippen LogP contribution in [-0.2, 0) is 9.73 Å². The molecule has 6 rings (SSSR count). The summed E-state index contributed by atoms with van der Waals surface area (Å²) in [5, 5.41) is 14.2. The monoisotopic (exact) mass is 556 g/mol. The molecule has 2 aliphatic heterocycles. The van der Waals surface area contributed by atoms with Gasteiger partial charge in [0.15, 0.2) is 11.6 Å². The Morgan fingerprint density at radius 1 is 1.21 bits per heavy atom. The molecular weight excluding hydrogens is 527 g/mol. The molecule has 0 saturated carbocycles. The van der Waals surface area contributed by atoms with E-state index in [1.807, 2.05) is 43.3 Å². The fraction of sp³-hybridized carbons (Fsp3) is 0.407. The van der Waals surface area contributed by atoms with E-state index in [1.54, 1.807) is 12.1 Å². The molecule has 38 heavy (non-hydrogen) atoms. The maximum atomic E-state index is 16.5. The van der Waals surface area contributed by atoms with E-state index >= 15 is 4.39 Å². The number of nitrogens with one attached hydrogen (secondary N) is 1. The van der Waals surface area contributed by atoms with Gasteiger partial charge in [-0.25, -0.2) is 13.6 Å². The number of aliphatic hydroxyl groups excluding tert-OH is 1. The van der Waals surface area contributed by atoms with Gasteiger partial charge in [-0.3, -0.25) is 0 Å². The van der Waals surface area contributed by atoms with Crippen LogP contribution in [0.2, 0.25) is 5.02 Å². The van der Waals surface area contributed by atoms with Gasteiger partial charge in [-0.15, -0.1) is 0 Å². The van der Waals surface area contributed by atoms with Gasteiger partial charge in [0.25, 0.3) is 0 Å². The molecule has 3 heterocycles. The van der Waals surface area contributed by atoms with E-state index in [4.69, 9.17) is 11.6 Å². The van der Waals surface area contributed by atoms with E-state index < -0.39 is 21.5 Å². The minimum atomic E-state index is -2.55. The van der Waals surface area contributed by atoms with Gasteiger partial charge in [-0.05, 0) is 37.4 Å². The third kappa shape index (κ3) is 4.53. The van der Waals surface area contributed by atoms with Crippen molar-refractivity contribution in [3.8, 4) is 0 Å². The fourth-order valence-electron chi connectivity index (χ4n) is 5.37. The van der Waals surface area contributed by atoms with Crippen molar-refractivity contribution in [3.63, 3.8) is 0 Å². The molecule has 1 aromatic heterocycles. The third-order valence-electron chi connectivity index (χ3n) is 7.67. The third-order valence-corrected chi connectivity index (χ3v) is 10.2. The summed E-state index contributed by atoms with van der Waals surface area (Å²) in [6, 6.07) is 9.58. The van der Waals surface area contributed by atoms with Gasteiger partial charge in [0.2, 0.25) is 5.95 Å². The summed E-state index contributed by atoms with van der Waals surface area (Å²) in [5.41, 5.74) is 2.10. The Labute approximate surface area is 226 Å². The molecule has 0 amide bonds. The van der Waals surface area contributed by atoms with E-state index in [0.717, 1.165) is 11.1 Å². The lowest BCUT2D eigenvalue weighted by molar-refractivity contribution is 0.245. The van der Waals surface area contributed by atoms with Crippen molar-refractivity contribution in [1.82, 2.24) is 20.2 Å². The second-order valence-electron chi connectivity index (χ2n) is 10.4. The van der Waals surface area contributed by atoms with Crippen LogP contribution in [0.15, 0.2) is 40.5 Å². The zero-order valence-corrected chi connectivity index (χ0v) is 22.9. The molecule has 2 aromatic carbocycles. The highest BCUT2D eigenvalue weighted by atomic mass is 35.5. The maximum Gasteiger partial charge on any atom is 0.228 e. The number of allylic oxidation sites excluding steroid dienone is 1. The zero-order valence-electron chi connectivity index (χ0n) is 21.3. The van der Waals surface area contributed by atoms with Crippen LogP contribution in [0.4, 0.5) is 16.2 Å². The van der Waals surface area contributed by atoms with E-state index in [-0.39, 0.29) is 34.1 Å². The van der Waals surface area contributed by atoms with Crippen LogP contribution in [-0.4, -0.2) is 82.0 Å². The number of hydrogen-bond acceptors (Lipinski definition) is 8. The standard InChI is InChI=1S/C27H30ClFN6O2S/c1-34(2)17-14-35(15-17)27-31-25-21(26(32-27)33-38(37)9-7-30-8-10-38)13-22(28)23(24(25)29)20-12-18(36)11-16-5-3-4-6-19(16)20/h3-6,11,13,17,20,30,36H,7-10,12,14-15H2,1-2H3. The Morgan fingerprint density at radius 3 is 2.68 bits per heavy atom. The fourth-order valence-corrected chi connectivity index (χ4v) is 7.46. The molecule has 1 unspecified atom stereocenters. The molecule has 3 aliphatic rings. The number of likely N-dealkylation sites (N-methyl/N-ethyl adjacent to an activating group) is 1. The number of fused-ring (bicyclic) bond motifs is 2. The van der Waals surface area contributed by atoms with E-state index in [2.05, 4.69) is 24.5 Å². The van der Waals surface area contributed by atoms with Crippen LogP contribution >= 0.6 is 11.6 Å². The molecular formula is C27H30ClFN6O2S. The largest absolute Gasteiger partial charge is 0.512 e. The Hall–Kier alpha value is -2.79. The molecule has 8 nitrogen and oxygen atoms in total. The lowest BCUT2D eigenvalue weighted by Crippen LogP contribution is -2.58. The lowest BCUT2D eigenvalue weighted by atomic mass is 9.81. The van der Waals surface area contributed by atoms with Crippen molar-refractivity contribution in [2.45, 2.75) is 18.4 Å². The summed E-state index contributed by atoms with van der Waals surface area (Å²) in [7, 11) is 1.48. The van der Waals surface area contributed by atoms with Gasteiger partial charge in [0.1, 0.15) is 5.52 Å². The molecule has 1 atom stereocenters. The van der Waals surface area contributed by atoms with Gasteiger partial charge in [0, 0.05) is 66.7 Å². The van der Waals surface area contributed by atoms with Crippen LogP contribution in [0, 0.1) is 5.82 Å². The summed E-state index contributed by atoms with van der Waals surface area (Å²) < 4.78 is 34.7. The Bertz CT molecular complexity index is 1570. The quantitative estimate of drug-likeness (QED) is 0.494. The van der Waals surface area contributed by atoms with Crippen LogP contribution < -0.4 is 10.2 Å². The van der Waals surface area contributed by atoms with Gasteiger partial charge in [-0.2, -0.15) is 9.35 Å². The van der Waals surface area contributed by atoms with Crippen LogP contribution in [0.5, 0.6) is 0 Å². The van der Waals surface area contributed by atoms with Gasteiger partial charge in [0.05, 0.1) is 20.9 Å². The Balaban J connectivity index is 1.54. The molecule has 2 N–H and O–H groups in total. The highest BCUT2D eigenvalue weighted by Gasteiger charge is 2.33. The number of aliphatic hydroxyl groups is 1. The predicted molar refractivity (Wildman–Crippen MR) is 151 cm³/mol. The van der Waals surface area contributed by atoms with Crippen LogP contribution in [0.25, 0.3) is 17.0 Å². The molecule has 200 valence electrons. The first-order valence-corrected chi connectivity index (χ1v) is 15.0. The maximum absolute atomic E-state index is 16.5. The van der Waals surface area contributed by atoms with Gasteiger partial charge >= 0.3 is 0 Å². The normalized spacial score (nSPS) is 21.2. The summed E-state index contributed by atoms with van der Waals surface area (Å²) >= 11 is 6.76. The minimum Gasteiger partial charge on any atom is -0.512 e. The number of nitrogens with zero attached hydrogens (tertiary/aromatic N) is 5. The molecule has 3 aromatic rings. The minimum absolute atomic E-state index is 0.102. The smallest absolute Gasteiger partial charge is 0.228 e. The number of hydrogen-bond donors (Lipinski definition) is 2. The van der Waals surface area contributed by atoms with Gasteiger partial charge in [-0.1, -0.05) is 35.9 Å². The summed E-state index contributed by atoms with van der Waals surface area (Å²) in [4.78, 5) is 13.5. The highest BCUT2D eigenvalue weighted by molar-refractivity contribution is 7.93. The van der Waals surface area contributed by atoms with Crippen LogP contribution in [0.3, 0.4) is 0 Å². The van der Waals surface area contributed by atoms with E-state index in [9.17, 15) is 9.32 Å². The average molecular weight is 557 g/mol. The molecule has 0 spiro atoms. The number of benzene rings is 2. The van der Waals surface area contributed by atoms with E-state index in [1.165, 1.54) is 0 Å². The number of rotatable bonds is 4. The topological polar surface area (TPSA) is 94.0 Å². The van der Waals surface area contributed by atoms with Gasteiger partial charge < -0.3 is 20.2 Å². The summed E-state index contributed by atoms with van der Waals surface area (Å²) in [6.45, 7) is 2.61. The van der Waals surface area contributed by atoms with Crippen molar-refractivity contribution in [3.05, 3.63) is 63.6 Å². The average Bonchev–Trinajstić information content (AvgIpc) is 2.84. The lowest BCUT2D eigenvalue weighted by Gasteiger charge is -2.42. The Kier molecular flexibility index (Phi) is 6.54. The number of aromatic nitrogens is 2. The highest BCUT2D eigenvalue weighted by Crippen LogP contribution is 2.44. The van der Waals surface area contributed by atoms with Crippen molar-refractivity contribution < 1.29 is 13.7 Å². The molecule has 2 fully saturated rings. The van der Waals surface area contributed by atoms with Crippen molar-refractivity contribution >= 4 is 50.1 Å².